The van der Waals surface area contributed by atoms with Gasteiger partial charge >= 0.3 is 5.97 Å². The fourth-order valence-corrected chi connectivity index (χ4v) is 2.36. The molecule has 0 bridgehead atoms. The van der Waals surface area contributed by atoms with Crippen molar-refractivity contribution in [3.8, 4) is 5.75 Å². The van der Waals surface area contributed by atoms with E-state index in [4.69, 9.17) is 4.74 Å². The van der Waals surface area contributed by atoms with Crippen LogP contribution in [0.25, 0.3) is 0 Å². The number of nitrogens with one attached hydrogen (secondary N) is 1. The van der Waals surface area contributed by atoms with Crippen LogP contribution in [0.5, 0.6) is 5.75 Å². The number of aryl methyl sites for hydroxylation is 4. The zero-order chi connectivity index (χ0) is 17.9. The number of aromatic carboxylic acids is 1. The van der Waals surface area contributed by atoms with E-state index in [9.17, 15) is 14.7 Å². The van der Waals surface area contributed by atoms with Gasteiger partial charge in [0.2, 0.25) is 0 Å². The molecule has 0 atom stereocenters. The summed E-state index contributed by atoms with van der Waals surface area (Å²) in [5, 5.41) is 11.9. The molecular weight excluding hydrogens is 306 g/mol. The minimum Gasteiger partial charge on any atom is -0.484 e. The lowest BCUT2D eigenvalue weighted by molar-refractivity contribution is -0.118. The summed E-state index contributed by atoms with van der Waals surface area (Å²) in [6.45, 7) is 7.39. The van der Waals surface area contributed by atoms with Crippen LogP contribution < -0.4 is 10.1 Å². The van der Waals surface area contributed by atoms with Crippen LogP contribution in [0.15, 0.2) is 30.3 Å². The Hall–Kier alpha value is -2.82. The van der Waals surface area contributed by atoms with Crippen LogP contribution in [-0.2, 0) is 4.79 Å². The molecule has 5 heteroatoms. The minimum absolute atomic E-state index is 0.141. The Kier molecular flexibility index (Phi) is 5.24. The van der Waals surface area contributed by atoms with E-state index in [2.05, 4.69) is 5.32 Å². The van der Waals surface area contributed by atoms with Gasteiger partial charge in [-0.25, -0.2) is 4.79 Å². The largest absolute Gasteiger partial charge is 0.484 e. The Morgan fingerprint density at radius 2 is 1.67 bits per heavy atom. The minimum atomic E-state index is -1.02. The third-order valence-electron chi connectivity index (χ3n) is 3.92. The first-order valence-electron chi connectivity index (χ1n) is 7.62. The van der Waals surface area contributed by atoms with Crippen LogP contribution in [0, 0.1) is 27.7 Å². The van der Waals surface area contributed by atoms with Crippen LogP contribution in [0.2, 0.25) is 0 Å². The molecule has 0 aliphatic rings. The molecule has 2 rings (SSSR count). The number of ether oxygens (including phenoxy) is 1. The SMILES string of the molecule is Cc1ccc(OCC(=O)Nc2cc(C(=O)O)c(C)cc2C)cc1C. The predicted octanol–water partition coefficient (Wildman–Crippen LogP) is 3.64. The molecule has 2 aromatic rings. The lowest BCUT2D eigenvalue weighted by Gasteiger charge is -2.12. The highest BCUT2D eigenvalue weighted by atomic mass is 16.5. The van der Waals surface area contributed by atoms with E-state index in [1.165, 1.54) is 6.07 Å². The number of rotatable bonds is 5. The zero-order valence-corrected chi connectivity index (χ0v) is 14.3. The van der Waals surface area contributed by atoms with E-state index in [1.807, 2.05) is 39.0 Å². The lowest BCUT2D eigenvalue weighted by atomic mass is 10.0. The van der Waals surface area contributed by atoms with E-state index in [1.54, 1.807) is 13.0 Å². The van der Waals surface area contributed by atoms with Gasteiger partial charge in [-0.15, -0.1) is 0 Å². The molecule has 0 aliphatic heterocycles. The van der Waals surface area contributed by atoms with Gasteiger partial charge in [-0.2, -0.15) is 0 Å². The number of carboxylic acid groups (broad SMARTS) is 1. The number of hydrogen-bond acceptors (Lipinski definition) is 3. The molecule has 1 amide bonds. The second-order valence-corrected chi connectivity index (χ2v) is 5.87. The van der Waals surface area contributed by atoms with Crippen molar-refractivity contribution in [1.29, 1.82) is 0 Å². The number of amides is 1. The van der Waals surface area contributed by atoms with Crippen LogP contribution >= 0.6 is 0 Å². The summed E-state index contributed by atoms with van der Waals surface area (Å²) < 4.78 is 5.49. The van der Waals surface area contributed by atoms with Crippen molar-refractivity contribution >= 4 is 17.6 Å². The molecule has 0 aromatic heterocycles. The van der Waals surface area contributed by atoms with Crippen molar-refractivity contribution in [3.05, 3.63) is 58.1 Å². The van der Waals surface area contributed by atoms with Gasteiger partial charge in [0.25, 0.3) is 5.91 Å². The topological polar surface area (TPSA) is 75.6 Å². The first-order valence-corrected chi connectivity index (χ1v) is 7.62. The fourth-order valence-electron chi connectivity index (χ4n) is 2.36. The Balaban J connectivity index is 2.05. The molecule has 24 heavy (non-hydrogen) atoms. The second-order valence-electron chi connectivity index (χ2n) is 5.87. The molecule has 0 saturated carbocycles. The van der Waals surface area contributed by atoms with Gasteiger partial charge < -0.3 is 15.2 Å². The molecule has 0 unspecified atom stereocenters. The maximum Gasteiger partial charge on any atom is 0.336 e. The van der Waals surface area contributed by atoms with Gasteiger partial charge in [0, 0.05) is 5.69 Å². The fraction of sp³-hybridized carbons (Fsp3) is 0.263. The van der Waals surface area contributed by atoms with Crippen LogP contribution in [-0.4, -0.2) is 23.6 Å². The third kappa shape index (κ3) is 4.13. The maximum atomic E-state index is 12.1. The highest BCUT2D eigenvalue weighted by Gasteiger charge is 2.13. The van der Waals surface area contributed by atoms with Crippen molar-refractivity contribution in [1.82, 2.24) is 0 Å². The van der Waals surface area contributed by atoms with Gasteiger partial charge in [0.1, 0.15) is 5.75 Å². The van der Waals surface area contributed by atoms with E-state index < -0.39 is 5.97 Å². The Morgan fingerprint density at radius 3 is 2.29 bits per heavy atom. The zero-order valence-electron chi connectivity index (χ0n) is 14.3. The molecule has 0 fully saturated rings. The van der Waals surface area contributed by atoms with Crippen molar-refractivity contribution in [2.75, 3.05) is 11.9 Å². The molecule has 0 heterocycles. The Morgan fingerprint density at radius 1 is 0.958 bits per heavy atom. The van der Waals surface area contributed by atoms with E-state index >= 15 is 0 Å². The summed E-state index contributed by atoms with van der Waals surface area (Å²) in [6, 6.07) is 8.84. The molecular formula is C19H21NO4. The number of carbonyl (C=O) groups excluding carboxylic acids is 1. The van der Waals surface area contributed by atoms with Crippen molar-refractivity contribution in [3.63, 3.8) is 0 Å². The molecule has 2 aromatic carbocycles. The monoisotopic (exact) mass is 327 g/mol. The molecule has 0 spiro atoms. The summed E-state index contributed by atoms with van der Waals surface area (Å²) >= 11 is 0. The number of anilines is 1. The average Bonchev–Trinajstić information content (AvgIpc) is 2.50. The summed E-state index contributed by atoms with van der Waals surface area (Å²) in [4.78, 5) is 23.3. The smallest absolute Gasteiger partial charge is 0.336 e. The van der Waals surface area contributed by atoms with Gasteiger partial charge in [0.15, 0.2) is 6.61 Å². The standard InChI is InChI=1S/C19H21NO4/c1-11-5-6-15(8-12(11)2)24-10-18(21)20-17-9-16(19(22)23)13(3)7-14(17)4/h5-9H,10H2,1-4H3,(H,20,21)(H,22,23). The summed E-state index contributed by atoms with van der Waals surface area (Å²) in [6.07, 6.45) is 0. The van der Waals surface area contributed by atoms with E-state index in [-0.39, 0.29) is 18.1 Å². The number of carbonyl (C=O) groups is 2. The Bertz CT molecular complexity index is 796. The first-order chi connectivity index (χ1) is 11.3. The third-order valence-corrected chi connectivity index (χ3v) is 3.92. The van der Waals surface area contributed by atoms with Gasteiger partial charge in [-0.3, -0.25) is 4.79 Å². The maximum absolute atomic E-state index is 12.1. The van der Waals surface area contributed by atoms with E-state index in [0.717, 1.165) is 16.7 Å². The van der Waals surface area contributed by atoms with E-state index in [0.29, 0.717) is 17.0 Å². The summed E-state index contributed by atoms with van der Waals surface area (Å²) in [7, 11) is 0. The lowest BCUT2D eigenvalue weighted by Crippen LogP contribution is -2.21. The first kappa shape index (κ1) is 17.5. The molecule has 0 saturated heterocycles. The van der Waals surface area contributed by atoms with Gasteiger partial charge in [-0.1, -0.05) is 12.1 Å². The van der Waals surface area contributed by atoms with Crippen LogP contribution in [0.3, 0.4) is 0 Å². The summed E-state index contributed by atoms with van der Waals surface area (Å²) in [5.74, 6) is -0.731. The second kappa shape index (κ2) is 7.17. The summed E-state index contributed by atoms with van der Waals surface area (Å²) in [5.41, 5.74) is 4.36. The average molecular weight is 327 g/mol. The number of carboxylic acids is 1. The molecule has 2 N–H and O–H groups in total. The normalized spacial score (nSPS) is 10.3. The van der Waals surface area contributed by atoms with Crippen LogP contribution in [0.4, 0.5) is 5.69 Å². The molecule has 0 radical (unpaired) electrons. The van der Waals surface area contributed by atoms with Crippen LogP contribution in [0.1, 0.15) is 32.6 Å². The Labute approximate surface area is 141 Å². The number of hydrogen-bond donors (Lipinski definition) is 2. The van der Waals surface area contributed by atoms with Gasteiger partial charge in [-0.05, 0) is 68.1 Å². The highest BCUT2D eigenvalue weighted by Crippen LogP contribution is 2.21. The highest BCUT2D eigenvalue weighted by molar-refractivity contribution is 5.96. The van der Waals surface area contributed by atoms with Gasteiger partial charge in [0.05, 0.1) is 5.56 Å². The molecule has 5 nitrogen and oxygen atoms in total. The molecule has 126 valence electrons. The van der Waals surface area contributed by atoms with Crippen molar-refractivity contribution in [2.24, 2.45) is 0 Å². The quantitative estimate of drug-likeness (QED) is 0.879. The van der Waals surface area contributed by atoms with Crippen molar-refractivity contribution in [2.45, 2.75) is 27.7 Å². The van der Waals surface area contributed by atoms with Crippen molar-refractivity contribution < 1.29 is 19.4 Å². The predicted molar refractivity (Wildman–Crippen MR) is 92.9 cm³/mol. The number of benzene rings is 2. The molecule has 0 aliphatic carbocycles.